The zero-order chi connectivity index (χ0) is 11.7. The molecule has 0 spiro atoms. The average molecular weight is 226 g/mol. The van der Waals surface area contributed by atoms with Crippen LogP contribution in [-0.2, 0) is 6.42 Å². The van der Waals surface area contributed by atoms with Crippen molar-refractivity contribution >= 4 is 5.69 Å². The van der Waals surface area contributed by atoms with E-state index in [1.807, 2.05) is 24.3 Å². The smallest absolute Gasteiger partial charge is 0.122 e. The Morgan fingerprint density at radius 1 is 1.18 bits per heavy atom. The number of aromatic nitrogens is 1. The minimum Gasteiger partial charge on any atom is -0.493 e. The largest absolute Gasteiger partial charge is 0.493 e. The number of rotatable bonds is 1. The molecule has 0 saturated carbocycles. The van der Waals surface area contributed by atoms with Gasteiger partial charge in [0.15, 0.2) is 0 Å². The van der Waals surface area contributed by atoms with Crippen molar-refractivity contribution in [3.8, 4) is 17.0 Å². The molecular weight excluding hydrogens is 212 g/mol. The zero-order valence-corrected chi connectivity index (χ0v) is 9.52. The summed E-state index contributed by atoms with van der Waals surface area (Å²) in [6.07, 6.45) is 3.86. The second kappa shape index (κ2) is 4.09. The predicted molar refractivity (Wildman–Crippen MR) is 67.9 cm³/mol. The Labute approximate surface area is 100 Å². The molecule has 3 rings (SSSR count). The number of nitrogens with zero attached hydrogens (tertiary/aromatic N) is 1. The number of ether oxygens (including phenoxy) is 1. The highest BCUT2D eigenvalue weighted by atomic mass is 16.5. The molecule has 2 aromatic rings. The molecule has 2 heterocycles. The van der Waals surface area contributed by atoms with Crippen LogP contribution in [0, 0.1) is 0 Å². The number of aryl methyl sites for hydroxylation is 1. The molecule has 1 aromatic carbocycles. The van der Waals surface area contributed by atoms with Crippen molar-refractivity contribution in [1.29, 1.82) is 0 Å². The summed E-state index contributed by atoms with van der Waals surface area (Å²) in [7, 11) is 0. The van der Waals surface area contributed by atoms with Gasteiger partial charge in [0.2, 0.25) is 0 Å². The van der Waals surface area contributed by atoms with Gasteiger partial charge in [0, 0.05) is 5.56 Å². The summed E-state index contributed by atoms with van der Waals surface area (Å²) in [6, 6.07) is 10.1. The number of hydrogen-bond donors (Lipinski definition) is 1. The van der Waals surface area contributed by atoms with Gasteiger partial charge < -0.3 is 10.5 Å². The lowest BCUT2D eigenvalue weighted by molar-refractivity contribution is 0.288. The average Bonchev–Trinajstić information content (AvgIpc) is 2.39. The summed E-state index contributed by atoms with van der Waals surface area (Å²) in [5, 5.41) is 0. The maximum atomic E-state index is 5.63. The zero-order valence-electron chi connectivity index (χ0n) is 9.52. The van der Waals surface area contributed by atoms with Crippen LogP contribution < -0.4 is 10.5 Å². The van der Waals surface area contributed by atoms with Gasteiger partial charge in [0.25, 0.3) is 0 Å². The van der Waals surface area contributed by atoms with E-state index in [0.717, 1.165) is 36.5 Å². The quantitative estimate of drug-likeness (QED) is 0.813. The number of pyridine rings is 1. The van der Waals surface area contributed by atoms with Crippen LogP contribution >= 0.6 is 0 Å². The second-order valence-corrected chi connectivity index (χ2v) is 4.25. The minimum atomic E-state index is 0.690. The molecule has 0 saturated heterocycles. The molecule has 0 unspecified atom stereocenters. The molecule has 3 heteroatoms. The minimum absolute atomic E-state index is 0.690. The third kappa shape index (κ3) is 1.96. The van der Waals surface area contributed by atoms with E-state index in [0.29, 0.717) is 5.69 Å². The molecule has 0 bridgehead atoms. The highest BCUT2D eigenvalue weighted by molar-refractivity contribution is 5.63. The Morgan fingerprint density at radius 2 is 2.12 bits per heavy atom. The Balaban J connectivity index is 2.01. The van der Waals surface area contributed by atoms with Crippen molar-refractivity contribution in [3.63, 3.8) is 0 Å². The maximum Gasteiger partial charge on any atom is 0.122 e. The third-order valence-electron chi connectivity index (χ3n) is 2.99. The number of nitrogens with two attached hydrogens (primary N) is 1. The Kier molecular flexibility index (Phi) is 2.44. The first-order valence-corrected chi connectivity index (χ1v) is 5.80. The van der Waals surface area contributed by atoms with Gasteiger partial charge in [-0.2, -0.15) is 0 Å². The monoisotopic (exact) mass is 226 g/mol. The summed E-state index contributed by atoms with van der Waals surface area (Å²) >= 11 is 0. The molecule has 17 heavy (non-hydrogen) atoms. The number of anilines is 1. The molecule has 0 atom stereocenters. The van der Waals surface area contributed by atoms with Crippen LogP contribution in [0.1, 0.15) is 12.0 Å². The first-order chi connectivity index (χ1) is 8.33. The van der Waals surface area contributed by atoms with Crippen molar-refractivity contribution in [1.82, 2.24) is 4.98 Å². The number of nitrogen functional groups attached to an aromatic ring is 1. The van der Waals surface area contributed by atoms with E-state index in [2.05, 4.69) is 11.1 Å². The van der Waals surface area contributed by atoms with Crippen LogP contribution in [0.25, 0.3) is 11.3 Å². The van der Waals surface area contributed by atoms with Crippen molar-refractivity contribution in [2.45, 2.75) is 12.8 Å². The van der Waals surface area contributed by atoms with Crippen molar-refractivity contribution < 1.29 is 4.74 Å². The molecule has 1 aromatic heterocycles. The fourth-order valence-electron chi connectivity index (χ4n) is 2.10. The standard InChI is InChI=1S/C14H14N2O/c15-12-4-5-13(16-9-12)10-3-6-14-11(8-10)2-1-7-17-14/h3-6,8-9H,1-2,7,15H2. The molecular formula is C14H14N2O. The van der Waals surface area contributed by atoms with Gasteiger partial charge in [-0.25, -0.2) is 0 Å². The highest BCUT2D eigenvalue weighted by Crippen LogP contribution is 2.29. The fraction of sp³-hybridized carbons (Fsp3) is 0.214. The molecule has 0 aliphatic carbocycles. The van der Waals surface area contributed by atoms with E-state index in [1.54, 1.807) is 6.20 Å². The summed E-state index contributed by atoms with van der Waals surface area (Å²) in [4.78, 5) is 4.33. The van der Waals surface area contributed by atoms with E-state index < -0.39 is 0 Å². The van der Waals surface area contributed by atoms with Gasteiger partial charge in [-0.15, -0.1) is 0 Å². The SMILES string of the molecule is Nc1ccc(-c2ccc3c(c2)CCCO3)nc1. The van der Waals surface area contributed by atoms with E-state index in [1.165, 1.54) is 5.56 Å². The Hall–Kier alpha value is -2.03. The molecule has 1 aliphatic heterocycles. The summed E-state index contributed by atoms with van der Waals surface area (Å²) in [5.41, 5.74) is 9.66. The van der Waals surface area contributed by atoms with Crippen LogP contribution in [-0.4, -0.2) is 11.6 Å². The van der Waals surface area contributed by atoms with Gasteiger partial charge in [-0.3, -0.25) is 4.98 Å². The van der Waals surface area contributed by atoms with E-state index in [9.17, 15) is 0 Å². The lowest BCUT2D eigenvalue weighted by atomic mass is 10.0. The lowest BCUT2D eigenvalue weighted by Gasteiger charge is -2.17. The van der Waals surface area contributed by atoms with Gasteiger partial charge in [0.1, 0.15) is 5.75 Å². The van der Waals surface area contributed by atoms with E-state index in [4.69, 9.17) is 10.5 Å². The molecule has 0 fully saturated rings. The number of benzene rings is 1. The van der Waals surface area contributed by atoms with Gasteiger partial charge in [-0.05, 0) is 48.7 Å². The van der Waals surface area contributed by atoms with E-state index >= 15 is 0 Å². The van der Waals surface area contributed by atoms with Crippen molar-refractivity contribution in [3.05, 3.63) is 42.1 Å². The Morgan fingerprint density at radius 3 is 2.94 bits per heavy atom. The molecule has 0 amide bonds. The summed E-state index contributed by atoms with van der Waals surface area (Å²) in [6.45, 7) is 0.826. The van der Waals surface area contributed by atoms with Crippen LogP contribution in [0.5, 0.6) is 5.75 Å². The molecule has 86 valence electrons. The highest BCUT2D eigenvalue weighted by Gasteiger charge is 2.11. The second-order valence-electron chi connectivity index (χ2n) is 4.25. The topological polar surface area (TPSA) is 48.1 Å². The summed E-state index contributed by atoms with van der Waals surface area (Å²) < 4.78 is 5.59. The van der Waals surface area contributed by atoms with Crippen LogP contribution in [0.2, 0.25) is 0 Å². The van der Waals surface area contributed by atoms with Crippen molar-refractivity contribution in [2.75, 3.05) is 12.3 Å². The summed E-state index contributed by atoms with van der Waals surface area (Å²) in [5.74, 6) is 1.01. The lowest BCUT2D eigenvalue weighted by Crippen LogP contribution is -2.08. The molecule has 3 nitrogen and oxygen atoms in total. The van der Waals surface area contributed by atoms with Crippen LogP contribution in [0.3, 0.4) is 0 Å². The molecule has 1 aliphatic rings. The van der Waals surface area contributed by atoms with E-state index in [-0.39, 0.29) is 0 Å². The molecule has 2 N–H and O–H groups in total. The molecule has 0 radical (unpaired) electrons. The normalized spacial score (nSPS) is 13.9. The first-order valence-electron chi connectivity index (χ1n) is 5.80. The number of hydrogen-bond acceptors (Lipinski definition) is 3. The first kappa shape index (κ1) is 10.1. The Bertz CT molecular complexity index is 534. The van der Waals surface area contributed by atoms with Gasteiger partial charge in [-0.1, -0.05) is 0 Å². The number of fused-ring (bicyclic) bond motifs is 1. The van der Waals surface area contributed by atoms with Crippen LogP contribution in [0.4, 0.5) is 5.69 Å². The van der Waals surface area contributed by atoms with Gasteiger partial charge >= 0.3 is 0 Å². The third-order valence-corrected chi connectivity index (χ3v) is 2.99. The fourth-order valence-corrected chi connectivity index (χ4v) is 2.10. The van der Waals surface area contributed by atoms with Gasteiger partial charge in [0.05, 0.1) is 24.2 Å². The predicted octanol–water partition coefficient (Wildman–Crippen LogP) is 2.66. The van der Waals surface area contributed by atoms with Crippen LogP contribution in [0.15, 0.2) is 36.5 Å². The van der Waals surface area contributed by atoms with Crippen molar-refractivity contribution in [2.24, 2.45) is 0 Å². The maximum absolute atomic E-state index is 5.63.